The summed E-state index contributed by atoms with van der Waals surface area (Å²) in [5.41, 5.74) is 2.44. The van der Waals surface area contributed by atoms with Crippen LogP contribution in [0.3, 0.4) is 0 Å². The fourth-order valence-corrected chi connectivity index (χ4v) is 20.1. The van der Waals surface area contributed by atoms with E-state index in [-0.39, 0.29) is 34.5 Å². The van der Waals surface area contributed by atoms with Crippen LogP contribution < -0.4 is 17.2 Å². The molecule has 4 aromatic rings. The Morgan fingerprint density at radius 1 is 0.569 bits per heavy atom. The van der Waals surface area contributed by atoms with Gasteiger partial charge in [0.1, 0.15) is 0 Å². The molecule has 0 amide bonds. The van der Waals surface area contributed by atoms with Crippen molar-refractivity contribution in [3.05, 3.63) is 150 Å². The van der Waals surface area contributed by atoms with Crippen LogP contribution in [0.2, 0.25) is 0 Å². The molecule has 6 rings (SSSR count). The summed E-state index contributed by atoms with van der Waals surface area (Å²) in [6, 6.07) is 13.4. The first-order valence-corrected chi connectivity index (χ1v) is 29.1. The van der Waals surface area contributed by atoms with Gasteiger partial charge in [-0.2, -0.15) is 0 Å². The number of aryl methyl sites for hydroxylation is 2. The summed E-state index contributed by atoms with van der Waals surface area (Å²) >= 11 is -5.53. The predicted molar refractivity (Wildman–Crippen MR) is 254 cm³/mol. The molecule has 2 aliphatic carbocycles. The first kappa shape index (κ1) is 50.2. The summed E-state index contributed by atoms with van der Waals surface area (Å²) in [6.07, 6.45) is 19.7. The molecule has 65 heavy (non-hydrogen) atoms. The number of anilines is 2. The SMILES string of the molecule is CCCCCC(CC)c1cc(S(=O)(=O)Nc2ccc(F)[c]([Ti]([C]3=CC=CC3)([C]3=CC=CC3)[c]3c(F)ccc(NS(=O)(=O)c4ccc(C)c(C(CC)CCCCC)c4)c3F)c2F)ccc1C. The standard InChI is InChI=1S/2C21H26F2NO2S.2C5H5.Ti/c2*1-4-6-7-8-16(5-2)19-14-18(11-9-15(19)3)27(25,26)24-21-12-10-17(22)13-20(21)23;2*1-2-4-5-3-1;/h2*9-12,14,16,24H,4-8H2,1-3H3;2*1-3H,4H2;. The van der Waals surface area contributed by atoms with E-state index in [9.17, 15) is 16.8 Å². The molecule has 2 atom stereocenters. The van der Waals surface area contributed by atoms with Crippen molar-refractivity contribution in [1.29, 1.82) is 0 Å². The van der Waals surface area contributed by atoms with Gasteiger partial charge in [0.05, 0.1) is 0 Å². The van der Waals surface area contributed by atoms with Gasteiger partial charge >= 0.3 is 364 Å². The Bertz CT molecular complexity index is 2560. The average molecular weight is 967 g/mol. The molecular formula is C52H62F4N2O4S2Ti. The van der Waals surface area contributed by atoms with E-state index < -0.39 is 79.0 Å². The molecule has 0 bridgehead atoms. The van der Waals surface area contributed by atoms with Crippen LogP contribution in [0, 0.1) is 37.1 Å². The van der Waals surface area contributed by atoms with E-state index in [0.717, 1.165) is 111 Å². The molecule has 2 N–H and O–H groups in total. The molecule has 0 heterocycles. The van der Waals surface area contributed by atoms with Gasteiger partial charge < -0.3 is 0 Å². The van der Waals surface area contributed by atoms with Crippen molar-refractivity contribution >= 4 is 39.2 Å². The molecule has 0 saturated heterocycles. The Hall–Kier alpha value is -4.23. The van der Waals surface area contributed by atoms with Crippen molar-refractivity contribution in [2.24, 2.45) is 0 Å². The van der Waals surface area contributed by atoms with Gasteiger partial charge in [0, 0.05) is 0 Å². The number of hydrogen-bond donors (Lipinski definition) is 2. The Morgan fingerprint density at radius 2 is 0.969 bits per heavy atom. The summed E-state index contributed by atoms with van der Waals surface area (Å²) in [5, 5.41) is 0. The van der Waals surface area contributed by atoms with Crippen molar-refractivity contribution in [2.45, 2.75) is 140 Å². The van der Waals surface area contributed by atoms with Crippen LogP contribution in [0.1, 0.15) is 139 Å². The molecule has 0 aliphatic heterocycles. The third-order valence-electron chi connectivity index (χ3n) is 13.2. The summed E-state index contributed by atoms with van der Waals surface area (Å²) in [4.78, 5) is -0.204. The van der Waals surface area contributed by atoms with Crippen LogP contribution in [-0.2, 0) is 36.6 Å². The van der Waals surface area contributed by atoms with E-state index in [1.807, 2.05) is 13.8 Å². The number of unbranched alkanes of at least 4 members (excludes halogenated alkanes) is 4. The van der Waals surface area contributed by atoms with Gasteiger partial charge in [-0.15, -0.1) is 0 Å². The first-order valence-electron chi connectivity index (χ1n) is 23.0. The Balaban J connectivity index is 1.49. The van der Waals surface area contributed by atoms with Gasteiger partial charge in [-0.25, -0.2) is 0 Å². The molecule has 13 heteroatoms. The number of hydrogen-bond acceptors (Lipinski definition) is 4. The minimum atomic E-state index is -5.53. The molecule has 2 aliphatic rings. The van der Waals surface area contributed by atoms with Gasteiger partial charge in [0.15, 0.2) is 0 Å². The Labute approximate surface area is 387 Å². The van der Waals surface area contributed by atoms with Crippen molar-refractivity contribution in [3.8, 4) is 0 Å². The van der Waals surface area contributed by atoms with E-state index in [2.05, 4.69) is 37.1 Å². The quantitative estimate of drug-likeness (QED) is 0.0466. The number of allylic oxidation sites excluding steroid dienone is 8. The average Bonchev–Trinajstić information content (AvgIpc) is 4.03. The van der Waals surface area contributed by atoms with E-state index in [1.54, 1.807) is 60.7 Å². The molecule has 0 radical (unpaired) electrons. The summed E-state index contributed by atoms with van der Waals surface area (Å²) < 4.78 is 130. The third kappa shape index (κ3) is 10.5. The summed E-state index contributed by atoms with van der Waals surface area (Å²) in [7, 11) is -8.96. The van der Waals surface area contributed by atoms with Crippen LogP contribution in [0.25, 0.3) is 0 Å². The van der Waals surface area contributed by atoms with E-state index in [1.165, 1.54) is 12.1 Å². The summed E-state index contributed by atoms with van der Waals surface area (Å²) in [6.45, 7) is 12.2. The number of sulfonamides is 2. The molecule has 0 spiro atoms. The van der Waals surface area contributed by atoms with Gasteiger partial charge in [-0.05, 0) is 0 Å². The maximum atomic E-state index is 17.7. The molecule has 348 valence electrons. The van der Waals surface area contributed by atoms with Gasteiger partial charge in [0.2, 0.25) is 0 Å². The third-order valence-corrected chi connectivity index (χ3v) is 23.9. The zero-order valence-electron chi connectivity index (χ0n) is 38.3. The van der Waals surface area contributed by atoms with Crippen LogP contribution >= 0.6 is 0 Å². The van der Waals surface area contributed by atoms with Crippen LogP contribution in [0.4, 0.5) is 28.9 Å². The molecule has 2 unspecified atom stereocenters. The predicted octanol–water partition coefficient (Wildman–Crippen LogP) is 13.4. The van der Waals surface area contributed by atoms with Gasteiger partial charge in [-0.3, -0.25) is 0 Å². The fraction of sp³-hybridized carbons (Fsp3) is 0.385. The van der Waals surface area contributed by atoms with Crippen molar-refractivity contribution < 1.29 is 51.0 Å². The number of benzene rings is 4. The topological polar surface area (TPSA) is 92.3 Å². The van der Waals surface area contributed by atoms with E-state index in [0.29, 0.717) is 7.76 Å². The zero-order valence-corrected chi connectivity index (χ0v) is 41.5. The molecule has 4 aromatic carbocycles. The maximum absolute atomic E-state index is 17.7. The number of nitrogens with one attached hydrogen (secondary N) is 2. The van der Waals surface area contributed by atoms with Crippen molar-refractivity contribution in [1.82, 2.24) is 0 Å². The Morgan fingerprint density at radius 3 is 1.31 bits per heavy atom. The van der Waals surface area contributed by atoms with E-state index >= 15 is 17.6 Å². The van der Waals surface area contributed by atoms with Crippen LogP contribution in [0.5, 0.6) is 0 Å². The van der Waals surface area contributed by atoms with E-state index in [4.69, 9.17) is 0 Å². The number of halogens is 4. The van der Waals surface area contributed by atoms with Crippen LogP contribution in [-0.4, -0.2) is 16.8 Å². The Kier molecular flexibility index (Phi) is 16.7. The second-order valence-corrected chi connectivity index (χ2v) is 26.7. The van der Waals surface area contributed by atoms with Crippen molar-refractivity contribution in [2.75, 3.05) is 9.44 Å². The second-order valence-electron chi connectivity index (χ2n) is 17.4. The molecular weight excluding hydrogens is 905 g/mol. The molecule has 0 fully saturated rings. The fourth-order valence-electron chi connectivity index (χ4n) is 9.67. The number of rotatable bonds is 22. The normalized spacial score (nSPS) is 15.0. The minimum absolute atomic E-state index is 0.102. The second kappa shape index (κ2) is 21.6. The van der Waals surface area contributed by atoms with Crippen molar-refractivity contribution in [3.63, 3.8) is 0 Å². The van der Waals surface area contributed by atoms with Crippen LogP contribution in [0.15, 0.2) is 115 Å². The molecule has 0 saturated carbocycles. The molecule has 6 nitrogen and oxygen atoms in total. The molecule has 0 aromatic heterocycles. The first-order chi connectivity index (χ1) is 31.0. The van der Waals surface area contributed by atoms with Gasteiger partial charge in [-0.1, -0.05) is 26.7 Å². The monoisotopic (exact) mass is 966 g/mol. The summed E-state index contributed by atoms with van der Waals surface area (Å²) in [5.74, 6) is -4.60. The zero-order chi connectivity index (χ0) is 47.1. The van der Waals surface area contributed by atoms with Gasteiger partial charge in [0.25, 0.3) is 0 Å².